The maximum absolute atomic E-state index is 12.6. The molecule has 1 amide bonds. The van der Waals surface area contributed by atoms with E-state index in [1.54, 1.807) is 12.0 Å². The molecule has 1 aromatic heterocycles. The number of ether oxygens (including phenoxy) is 1. The summed E-state index contributed by atoms with van der Waals surface area (Å²) in [7, 11) is 1.63. The fourth-order valence-corrected chi connectivity index (χ4v) is 3.22. The average Bonchev–Trinajstić information content (AvgIpc) is 3.11. The third-order valence-corrected chi connectivity index (χ3v) is 4.52. The molecule has 6 heteroatoms. The molecule has 22 heavy (non-hydrogen) atoms. The van der Waals surface area contributed by atoms with Gasteiger partial charge in [0.2, 0.25) is 5.91 Å². The Labute approximate surface area is 134 Å². The number of aromatic nitrogens is 1. The monoisotopic (exact) mass is 322 g/mol. The summed E-state index contributed by atoms with van der Waals surface area (Å²) in [5, 5.41) is 11.2. The van der Waals surface area contributed by atoms with Gasteiger partial charge in [-0.15, -0.1) is 0 Å². The number of halogens is 1. The predicted molar refractivity (Wildman–Crippen MR) is 84.9 cm³/mol. The van der Waals surface area contributed by atoms with Crippen molar-refractivity contribution in [3.63, 3.8) is 0 Å². The molecule has 0 spiro atoms. The summed E-state index contributed by atoms with van der Waals surface area (Å²) in [4.78, 5) is 14.3. The predicted octanol–water partition coefficient (Wildman–Crippen LogP) is 1.90. The third-order valence-electron chi connectivity index (χ3n) is 4.28. The lowest BCUT2D eigenvalue weighted by atomic mass is 10.2. The van der Waals surface area contributed by atoms with E-state index in [4.69, 9.17) is 16.3 Å². The van der Waals surface area contributed by atoms with Crippen molar-refractivity contribution in [1.29, 1.82) is 0 Å². The quantitative estimate of drug-likeness (QED) is 0.935. The molecule has 0 radical (unpaired) electrons. The summed E-state index contributed by atoms with van der Waals surface area (Å²) in [5.41, 5.74) is 0.934. The number of nitrogens with zero attached hydrogens (tertiary/aromatic N) is 2. The number of rotatable bonds is 4. The van der Waals surface area contributed by atoms with Crippen LogP contribution in [0.2, 0.25) is 5.02 Å². The van der Waals surface area contributed by atoms with Crippen LogP contribution in [0.5, 0.6) is 0 Å². The molecule has 1 N–H and O–H groups in total. The number of amides is 1. The number of likely N-dealkylation sites (tertiary alicyclic amines) is 1. The highest BCUT2D eigenvalue weighted by molar-refractivity contribution is 6.31. The molecule has 1 aliphatic rings. The Kier molecular flexibility index (Phi) is 4.38. The summed E-state index contributed by atoms with van der Waals surface area (Å²) in [5.74, 6) is -0.0175. The van der Waals surface area contributed by atoms with Crippen LogP contribution in [0.1, 0.15) is 6.42 Å². The first-order chi connectivity index (χ1) is 10.6. The number of benzene rings is 1. The van der Waals surface area contributed by atoms with Crippen LogP contribution in [0.4, 0.5) is 0 Å². The van der Waals surface area contributed by atoms with Gasteiger partial charge in [-0.2, -0.15) is 0 Å². The van der Waals surface area contributed by atoms with Crippen LogP contribution in [0.15, 0.2) is 30.5 Å². The Morgan fingerprint density at radius 3 is 3.00 bits per heavy atom. The van der Waals surface area contributed by atoms with Crippen molar-refractivity contribution in [3.8, 4) is 0 Å². The first-order valence-electron chi connectivity index (χ1n) is 7.30. The van der Waals surface area contributed by atoms with Crippen molar-refractivity contribution >= 4 is 28.4 Å². The van der Waals surface area contributed by atoms with Crippen LogP contribution in [0.25, 0.3) is 10.9 Å². The summed E-state index contributed by atoms with van der Waals surface area (Å²) in [6.45, 7) is 0.723. The fraction of sp³-hybridized carbons (Fsp3) is 0.438. The largest absolute Gasteiger partial charge is 0.394 e. The molecule has 0 saturated carbocycles. The van der Waals surface area contributed by atoms with Gasteiger partial charge in [0.15, 0.2) is 0 Å². The zero-order valence-corrected chi connectivity index (χ0v) is 13.2. The number of fused-ring (bicyclic) bond motifs is 1. The van der Waals surface area contributed by atoms with E-state index in [0.717, 1.165) is 10.9 Å². The van der Waals surface area contributed by atoms with Gasteiger partial charge in [-0.25, -0.2) is 0 Å². The van der Waals surface area contributed by atoms with Gasteiger partial charge >= 0.3 is 0 Å². The lowest BCUT2D eigenvalue weighted by Gasteiger charge is -2.23. The topological polar surface area (TPSA) is 54.7 Å². The molecule has 1 aromatic carbocycles. The van der Waals surface area contributed by atoms with Crippen molar-refractivity contribution in [2.45, 2.75) is 25.1 Å². The van der Waals surface area contributed by atoms with Gasteiger partial charge < -0.3 is 19.3 Å². The second-order valence-electron chi connectivity index (χ2n) is 5.62. The maximum Gasteiger partial charge on any atom is 0.242 e. The minimum Gasteiger partial charge on any atom is -0.394 e. The number of hydrogen-bond donors (Lipinski definition) is 1. The highest BCUT2D eigenvalue weighted by Gasteiger charge is 2.34. The van der Waals surface area contributed by atoms with Crippen molar-refractivity contribution in [2.24, 2.45) is 0 Å². The SMILES string of the molecule is CO[C@@H]1C[C@@H](CO)N(C(=O)Cn2ccc3ccc(Cl)cc32)C1. The van der Waals surface area contributed by atoms with Gasteiger partial charge in [-0.1, -0.05) is 17.7 Å². The van der Waals surface area contributed by atoms with Gasteiger partial charge in [-0.3, -0.25) is 4.79 Å². The molecular formula is C16H19ClN2O3. The number of aliphatic hydroxyl groups is 1. The van der Waals surface area contributed by atoms with Crippen LogP contribution < -0.4 is 0 Å². The van der Waals surface area contributed by atoms with Crippen molar-refractivity contribution in [3.05, 3.63) is 35.5 Å². The molecule has 1 aliphatic heterocycles. The molecule has 2 aromatic rings. The molecule has 1 saturated heterocycles. The minimum atomic E-state index is -0.164. The second-order valence-corrected chi connectivity index (χ2v) is 6.06. The molecule has 0 aliphatic carbocycles. The summed E-state index contributed by atoms with van der Waals surface area (Å²) < 4.78 is 7.20. The molecule has 3 rings (SSSR count). The van der Waals surface area contributed by atoms with Crippen molar-refractivity contribution in [2.75, 3.05) is 20.3 Å². The Morgan fingerprint density at radius 1 is 1.45 bits per heavy atom. The summed E-state index contributed by atoms with van der Waals surface area (Å²) in [6.07, 6.45) is 2.56. The van der Waals surface area contributed by atoms with Crippen LogP contribution in [-0.4, -0.2) is 52.9 Å². The van der Waals surface area contributed by atoms with E-state index in [9.17, 15) is 9.90 Å². The van der Waals surface area contributed by atoms with E-state index < -0.39 is 0 Å². The van der Waals surface area contributed by atoms with E-state index in [1.807, 2.05) is 35.0 Å². The molecule has 0 bridgehead atoms. The second kappa shape index (κ2) is 6.28. The summed E-state index contributed by atoms with van der Waals surface area (Å²) in [6, 6.07) is 7.43. The number of carbonyl (C=O) groups excluding carboxylic acids is 1. The van der Waals surface area contributed by atoms with E-state index in [-0.39, 0.29) is 31.2 Å². The van der Waals surface area contributed by atoms with Gasteiger partial charge in [0, 0.05) is 30.4 Å². The molecule has 118 valence electrons. The lowest BCUT2D eigenvalue weighted by Crippen LogP contribution is -2.39. The molecule has 1 fully saturated rings. The standard InChI is InChI=1S/C16H19ClN2O3/c1-22-14-7-13(10-20)19(8-14)16(21)9-18-5-4-11-2-3-12(17)6-15(11)18/h2-6,13-14,20H,7-10H2,1H3/t13-,14+/m0/s1. The normalized spacial score (nSPS) is 21.7. The Morgan fingerprint density at radius 2 is 2.27 bits per heavy atom. The number of methoxy groups -OCH3 is 1. The van der Waals surface area contributed by atoms with Gasteiger partial charge in [0.1, 0.15) is 6.54 Å². The number of aliphatic hydroxyl groups excluding tert-OH is 1. The highest BCUT2D eigenvalue weighted by Crippen LogP contribution is 2.23. The van der Waals surface area contributed by atoms with Crippen molar-refractivity contribution < 1.29 is 14.6 Å². The smallest absolute Gasteiger partial charge is 0.242 e. The fourth-order valence-electron chi connectivity index (χ4n) is 3.05. The minimum absolute atomic E-state index is 0.00282. The van der Waals surface area contributed by atoms with E-state index in [1.165, 1.54) is 0 Å². The van der Waals surface area contributed by atoms with Crippen molar-refractivity contribution in [1.82, 2.24) is 9.47 Å². The average molecular weight is 323 g/mol. The van der Waals surface area contributed by atoms with Crippen LogP contribution >= 0.6 is 11.6 Å². The molecule has 5 nitrogen and oxygen atoms in total. The lowest BCUT2D eigenvalue weighted by molar-refractivity contribution is -0.133. The Hall–Kier alpha value is -1.56. The third kappa shape index (κ3) is 2.84. The molecule has 2 heterocycles. The first kappa shape index (κ1) is 15.3. The molecular weight excluding hydrogens is 304 g/mol. The Bertz CT molecular complexity index is 685. The maximum atomic E-state index is 12.6. The zero-order chi connectivity index (χ0) is 15.7. The number of carbonyl (C=O) groups is 1. The molecule has 0 unspecified atom stereocenters. The van der Waals surface area contributed by atoms with Gasteiger partial charge in [0.05, 0.1) is 18.8 Å². The van der Waals surface area contributed by atoms with Gasteiger partial charge in [0.25, 0.3) is 0 Å². The van der Waals surface area contributed by atoms with Crippen LogP contribution in [0.3, 0.4) is 0 Å². The molecule has 2 atom stereocenters. The summed E-state index contributed by atoms with van der Waals surface area (Å²) >= 11 is 6.04. The van der Waals surface area contributed by atoms with E-state index >= 15 is 0 Å². The van der Waals surface area contributed by atoms with Crippen LogP contribution in [-0.2, 0) is 16.1 Å². The zero-order valence-electron chi connectivity index (χ0n) is 12.4. The van der Waals surface area contributed by atoms with E-state index in [0.29, 0.717) is 18.0 Å². The van der Waals surface area contributed by atoms with Crippen LogP contribution in [0, 0.1) is 0 Å². The van der Waals surface area contributed by atoms with Gasteiger partial charge in [-0.05, 0) is 30.0 Å². The van der Waals surface area contributed by atoms with E-state index in [2.05, 4.69) is 0 Å². The first-order valence-corrected chi connectivity index (χ1v) is 7.67. The highest BCUT2D eigenvalue weighted by atomic mass is 35.5. The Balaban J connectivity index is 1.79. The number of hydrogen-bond acceptors (Lipinski definition) is 3.